The first-order chi connectivity index (χ1) is 14.6. The Morgan fingerprint density at radius 3 is 2.33 bits per heavy atom. The minimum Gasteiger partial charge on any atom is -0.493 e. The van der Waals surface area contributed by atoms with Crippen molar-refractivity contribution in [2.75, 3.05) is 19.6 Å². The Bertz CT molecular complexity index is 1260. The lowest BCUT2D eigenvalue weighted by molar-refractivity contribution is 0.355. The number of hydrogen-bond donors (Lipinski definition) is 1. The molecule has 1 heterocycles. The molecule has 0 saturated heterocycles. The first kappa shape index (κ1) is 19.6. The summed E-state index contributed by atoms with van der Waals surface area (Å²) in [6.45, 7) is 4.12. The summed E-state index contributed by atoms with van der Waals surface area (Å²) in [7, 11) is 3.24. The van der Waals surface area contributed by atoms with E-state index < -0.39 is 0 Å². The molecule has 0 unspecified atom stereocenters. The van der Waals surface area contributed by atoms with Gasteiger partial charge in [0.2, 0.25) is 0 Å². The zero-order chi connectivity index (χ0) is 21.1. The topological polar surface area (TPSA) is 56.0 Å². The molecule has 0 fully saturated rings. The van der Waals surface area contributed by atoms with Gasteiger partial charge in [-0.1, -0.05) is 24.3 Å². The Kier molecular flexibility index (Phi) is 5.44. The van der Waals surface area contributed by atoms with Gasteiger partial charge in [-0.05, 0) is 61.4 Å². The SMILES string of the molecule is COc1ccc(-c2c/c(=N\Nc3ccccc3)c3cc(C)cc(C)c3o2)cc1OC. The van der Waals surface area contributed by atoms with Gasteiger partial charge >= 0.3 is 0 Å². The lowest BCUT2D eigenvalue weighted by Crippen LogP contribution is -2.08. The Morgan fingerprint density at radius 1 is 0.833 bits per heavy atom. The van der Waals surface area contributed by atoms with Gasteiger partial charge in [0, 0.05) is 17.0 Å². The molecule has 0 amide bonds. The van der Waals surface area contributed by atoms with Crippen molar-refractivity contribution in [2.24, 2.45) is 5.10 Å². The second-order valence-electron chi connectivity index (χ2n) is 7.11. The molecule has 4 aromatic rings. The van der Waals surface area contributed by atoms with E-state index in [0.717, 1.165) is 38.7 Å². The van der Waals surface area contributed by atoms with Gasteiger partial charge < -0.3 is 13.9 Å². The smallest absolute Gasteiger partial charge is 0.161 e. The maximum atomic E-state index is 6.32. The third kappa shape index (κ3) is 3.87. The first-order valence-electron chi connectivity index (χ1n) is 9.71. The van der Waals surface area contributed by atoms with Crippen molar-refractivity contribution < 1.29 is 13.9 Å². The summed E-state index contributed by atoms with van der Waals surface area (Å²) in [4.78, 5) is 0. The first-order valence-corrected chi connectivity index (χ1v) is 9.71. The number of aryl methyl sites for hydroxylation is 2. The minimum absolute atomic E-state index is 0.645. The molecule has 0 spiro atoms. The number of hydrogen-bond acceptors (Lipinski definition) is 5. The quantitative estimate of drug-likeness (QED) is 0.439. The predicted octanol–water partition coefficient (Wildman–Crippen LogP) is 5.66. The van der Waals surface area contributed by atoms with Crippen LogP contribution in [0.5, 0.6) is 11.5 Å². The summed E-state index contributed by atoms with van der Waals surface area (Å²) < 4.78 is 17.1. The maximum Gasteiger partial charge on any atom is 0.161 e. The number of para-hydroxylation sites is 1. The third-order valence-electron chi connectivity index (χ3n) is 4.92. The molecule has 0 radical (unpaired) electrons. The molecule has 0 aliphatic carbocycles. The zero-order valence-corrected chi connectivity index (χ0v) is 17.5. The van der Waals surface area contributed by atoms with Crippen LogP contribution >= 0.6 is 0 Å². The van der Waals surface area contributed by atoms with E-state index in [0.29, 0.717) is 17.3 Å². The molecule has 30 heavy (non-hydrogen) atoms. The number of methoxy groups -OCH3 is 2. The molecule has 4 rings (SSSR count). The summed E-state index contributed by atoms with van der Waals surface area (Å²) in [6, 6.07) is 21.7. The van der Waals surface area contributed by atoms with Gasteiger partial charge in [-0.3, -0.25) is 5.43 Å². The van der Waals surface area contributed by atoms with Crippen LogP contribution in [-0.4, -0.2) is 14.2 Å². The lowest BCUT2D eigenvalue weighted by Gasteiger charge is -2.11. The summed E-state index contributed by atoms with van der Waals surface area (Å²) in [5, 5.41) is 6.44. The molecular formula is C25H24N2O3. The lowest BCUT2D eigenvalue weighted by atomic mass is 10.1. The Hall–Kier alpha value is -3.73. The third-order valence-corrected chi connectivity index (χ3v) is 4.92. The van der Waals surface area contributed by atoms with E-state index in [-0.39, 0.29) is 0 Å². The summed E-state index contributed by atoms with van der Waals surface area (Å²) in [5.41, 5.74) is 7.97. The Morgan fingerprint density at radius 2 is 1.60 bits per heavy atom. The molecule has 0 atom stereocenters. The standard InChI is InChI=1S/C25H24N2O3/c1-16-12-17(2)25-20(13-16)21(27-26-19-8-6-5-7-9-19)15-23(30-25)18-10-11-22(28-3)24(14-18)29-4/h5-15,26H,1-4H3/b27-21+. The van der Waals surface area contributed by atoms with Crippen molar-refractivity contribution in [1.29, 1.82) is 0 Å². The van der Waals surface area contributed by atoms with Crippen LogP contribution in [0.2, 0.25) is 0 Å². The van der Waals surface area contributed by atoms with Gasteiger partial charge in [0.1, 0.15) is 11.3 Å². The number of ether oxygens (including phenoxy) is 2. The van der Waals surface area contributed by atoms with Crippen LogP contribution in [0.15, 0.2) is 76.2 Å². The maximum absolute atomic E-state index is 6.32. The van der Waals surface area contributed by atoms with E-state index in [1.54, 1.807) is 14.2 Å². The highest BCUT2D eigenvalue weighted by Crippen LogP contribution is 2.33. The van der Waals surface area contributed by atoms with Crippen molar-refractivity contribution in [2.45, 2.75) is 13.8 Å². The van der Waals surface area contributed by atoms with Crippen molar-refractivity contribution >= 4 is 16.7 Å². The number of nitrogens with zero attached hydrogens (tertiary/aromatic N) is 1. The van der Waals surface area contributed by atoms with Crippen LogP contribution in [0.25, 0.3) is 22.3 Å². The average Bonchev–Trinajstić information content (AvgIpc) is 2.77. The van der Waals surface area contributed by atoms with Crippen LogP contribution in [0.3, 0.4) is 0 Å². The van der Waals surface area contributed by atoms with E-state index in [4.69, 9.17) is 13.9 Å². The second kappa shape index (κ2) is 8.33. The minimum atomic E-state index is 0.645. The van der Waals surface area contributed by atoms with Crippen LogP contribution in [0, 0.1) is 13.8 Å². The van der Waals surface area contributed by atoms with Crippen LogP contribution in [0.1, 0.15) is 11.1 Å². The van der Waals surface area contributed by atoms with E-state index in [1.165, 1.54) is 0 Å². The highest BCUT2D eigenvalue weighted by molar-refractivity contribution is 5.82. The van der Waals surface area contributed by atoms with Crippen molar-refractivity contribution in [1.82, 2.24) is 0 Å². The molecule has 0 aliphatic rings. The Balaban J connectivity index is 1.92. The Labute approximate surface area is 175 Å². The molecule has 1 aromatic heterocycles. The van der Waals surface area contributed by atoms with Gasteiger partial charge in [-0.2, -0.15) is 5.10 Å². The predicted molar refractivity (Wildman–Crippen MR) is 120 cm³/mol. The van der Waals surface area contributed by atoms with E-state index in [2.05, 4.69) is 29.6 Å². The van der Waals surface area contributed by atoms with Crippen LogP contribution < -0.4 is 20.3 Å². The fourth-order valence-corrected chi connectivity index (χ4v) is 3.48. The van der Waals surface area contributed by atoms with Gasteiger partial charge in [-0.15, -0.1) is 0 Å². The number of anilines is 1. The van der Waals surface area contributed by atoms with Crippen LogP contribution in [-0.2, 0) is 0 Å². The van der Waals surface area contributed by atoms with Crippen LogP contribution in [0.4, 0.5) is 5.69 Å². The fourth-order valence-electron chi connectivity index (χ4n) is 3.48. The monoisotopic (exact) mass is 400 g/mol. The number of benzene rings is 3. The molecule has 152 valence electrons. The molecule has 3 aromatic carbocycles. The number of nitrogens with one attached hydrogen (secondary N) is 1. The largest absolute Gasteiger partial charge is 0.493 e. The fraction of sp³-hybridized carbons (Fsp3) is 0.160. The highest BCUT2D eigenvalue weighted by atomic mass is 16.5. The van der Waals surface area contributed by atoms with E-state index >= 15 is 0 Å². The molecule has 0 saturated carbocycles. The summed E-state index contributed by atoms with van der Waals surface area (Å²) >= 11 is 0. The van der Waals surface area contributed by atoms with Gasteiger partial charge in [0.15, 0.2) is 11.5 Å². The second-order valence-corrected chi connectivity index (χ2v) is 7.11. The number of rotatable bonds is 5. The van der Waals surface area contributed by atoms with Crippen molar-refractivity contribution in [3.8, 4) is 22.8 Å². The molecule has 5 heteroatoms. The molecule has 0 bridgehead atoms. The van der Waals surface area contributed by atoms with E-state index in [9.17, 15) is 0 Å². The van der Waals surface area contributed by atoms with Gasteiger partial charge in [0.05, 0.1) is 25.3 Å². The molecule has 1 N–H and O–H groups in total. The van der Waals surface area contributed by atoms with Gasteiger partial charge in [0.25, 0.3) is 0 Å². The van der Waals surface area contributed by atoms with Crippen molar-refractivity contribution in [3.05, 3.63) is 83.2 Å². The average molecular weight is 400 g/mol. The van der Waals surface area contributed by atoms with Gasteiger partial charge in [-0.25, -0.2) is 0 Å². The van der Waals surface area contributed by atoms with E-state index in [1.807, 2.05) is 61.5 Å². The zero-order valence-electron chi connectivity index (χ0n) is 17.5. The molecular weight excluding hydrogens is 376 g/mol. The summed E-state index contributed by atoms with van der Waals surface area (Å²) in [6.07, 6.45) is 0. The number of fused-ring (bicyclic) bond motifs is 1. The summed E-state index contributed by atoms with van der Waals surface area (Å²) in [5.74, 6) is 2.01. The normalized spacial score (nSPS) is 11.5. The highest BCUT2D eigenvalue weighted by Gasteiger charge is 2.12. The van der Waals surface area contributed by atoms with Crippen molar-refractivity contribution in [3.63, 3.8) is 0 Å². The molecule has 0 aliphatic heterocycles. The molecule has 5 nitrogen and oxygen atoms in total.